The first kappa shape index (κ1) is 13.9. The molecule has 0 fully saturated rings. The Morgan fingerprint density at radius 1 is 1.20 bits per heavy atom. The second kappa shape index (κ2) is 7.19. The van der Waals surface area contributed by atoms with Crippen LogP contribution >= 0.6 is 0 Å². The molecule has 1 N–H and O–H groups in total. The van der Waals surface area contributed by atoms with Crippen molar-refractivity contribution in [2.24, 2.45) is 0 Å². The molecule has 6 heteroatoms. The second-order valence-electron chi connectivity index (χ2n) is 3.17. The van der Waals surface area contributed by atoms with Gasteiger partial charge in [-0.15, -0.1) is 0 Å². The molecule has 0 spiro atoms. The lowest BCUT2D eigenvalue weighted by molar-refractivity contribution is -0.146. The molecule has 0 radical (unpaired) electrons. The van der Waals surface area contributed by atoms with E-state index >= 15 is 0 Å². The first-order valence-corrected chi connectivity index (χ1v) is 4.53. The van der Waals surface area contributed by atoms with Crippen molar-refractivity contribution in [3.63, 3.8) is 0 Å². The standard InChI is InChI=1S/C9H17NO5/c1-7(11)4-10(5-8(12)14-2)6-9(13)15-3/h7,11H,4-6H2,1-3H3. The first-order chi connectivity index (χ1) is 6.99. The van der Waals surface area contributed by atoms with Crippen molar-refractivity contribution in [1.29, 1.82) is 0 Å². The molecule has 0 aliphatic carbocycles. The van der Waals surface area contributed by atoms with Crippen LogP contribution in [-0.2, 0) is 19.1 Å². The van der Waals surface area contributed by atoms with Crippen LogP contribution in [0.4, 0.5) is 0 Å². The fourth-order valence-corrected chi connectivity index (χ4v) is 1.05. The number of carbonyl (C=O) groups excluding carboxylic acids is 2. The summed E-state index contributed by atoms with van der Waals surface area (Å²) < 4.78 is 8.93. The van der Waals surface area contributed by atoms with Gasteiger partial charge in [0.05, 0.1) is 33.4 Å². The molecule has 1 unspecified atom stereocenters. The molecule has 0 aromatic carbocycles. The van der Waals surface area contributed by atoms with E-state index in [1.807, 2.05) is 0 Å². The van der Waals surface area contributed by atoms with Crippen molar-refractivity contribution in [2.75, 3.05) is 33.9 Å². The van der Waals surface area contributed by atoms with Gasteiger partial charge < -0.3 is 14.6 Å². The van der Waals surface area contributed by atoms with Gasteiger partial charge in [-0.2, -0.15) is 0 Å². The maximum absolute atomic E-state index is 11.0. The maximum Gasteiger partial charge on any atom is 0.319 e. The zero-order valence-electron chi connectivity index (χ0n) is 9.23. The summed E-state index contributed by atoms with van der Waals surface area (Å²) in [5.74, 6) is -0.917. The van der Waals surface area contributed by atoms with Crippen LogP contribution in [0.5, 0.6) is 0 Å². The van der Waals surface area contributed by atoms with E-state index in [0.29, 0.717) is 0 Å². The smallest absolute Gasteiger partial charge is 0.319 e. The zero-order chi connectivity index (χ0) is 11.8. The summed E-state index contributed by atoms with van der Waals surface area (Å²) >= 11 is 0. The van der Waals surface area contributed by atoms with E-state index in [1.165, 1.54) is 19.1 Å². The number of hydrogen-bond donors (Lipinski definition) is 1. The summed E-state index contributed by atoms with van der Waals surface area (Å²) in [4.78, 5) is 23.4. The molecule has 0 bridgehead atoms. The average molecular weight is 219 g/mol. The van der Waals surface area contributed by atoms with Gasteiger partial charge in [0.2, 0.25) is 0 Å². The Hall–Kier alpha value is -1.14. The summed E-state index contributed by atoms with van der Waals surface area (Å²) in [5, 5.41) is 9.15. The lowest BCUT2D eigenvalue weighted by Gasteiger charge is -2.20. The Balaban J connectivity index is 4.17. The molecule has 0 saturated carbocycles. The number of rotatable bonds is 6. The SMILES string of the molecule is COC(=O)CN(CC(=O)OC)CC(C)O. The summed E-state index contributed by atoms with van der Waals surface area (Å²) in [5.41, 5.74) is 0. The Labute approximate surface area is 88.8 Å². The highest BCUT2D eigenvalue weighted by molar-refractivity contribution is 5.74. The Bertz CT molecular complexity index is 199. The van der Waals surface area contributed by atoms with Crippen LogP contribution in [0.15, 0.2) is 0 Å². The number of carbonyl (C=O) groups is 2. The van der Waals surface area contributed by atoms with E-state index in [-0.39, 0.29) is 19.6 Å². The van der Waals surface area contributed by atoms with Crippen molar-refractivity contribution in [3.8, 4) is 0 Å². The van der Waals surface area contributed by atoms with E-state index in [2.05, 4.69) is 9.47 Å². The second-order valence-corrected chi connectivity index (χ2v) is 3.17. The van der Waals surface area contributed by atoms with E-state index < -0.39 is 18.0 Å². The molecule has 6 nitrogen and oxygen atoms in total. The topological polar surface area (TPSA) is 76.1 Å². The minimum atomic E-state index is -0.626. The number of aliphatic hydroxyl groups is 1. The third-order valence-electron chi connectivity index (χ3n) is 1.68. The van der Waals surface area contributed by atoms with Gasteiger partial charge >= 0.3 is 11.9 Å². The van der Waals surface area contributed by atoms with Gasteiger partial charge in [-0.05, 0) is 6.92 Å². The summed E-state index contributed by atoms with van der Waals surface area (Å²) in [7, 11) is 2.53. The molecule has 0 heterocycles. The normalized spacial score (nSPS) is 12.3. The van der Waals surface area contributed by atoms with E-state index in [0.717, 1.165) is 0 Å². The quantitative estimate of drug-likeness (QED) is 0.578. The van der Waals surface area contributed by atoms with Gasteiger partial charge in [0.1, 0.15) is 0 Å². The highest BCUT2D eigenvalue weighted by Crippen LogP contribution is 1.94. The van der Waals surface area contributed by atoms with Crippen LogP contribution < -0.4 is 0 Å². The summed E-state index contributed by atoms with van der Waals surface area (Å²) in [6.45, 7) is 1.69. The molecular formula is C9H17NO5. The molecule has 0 saturated heterocycles. The molecule has 0 aliphatic heterocycles. The molecular weight excluding hydrogens is 202 g/mol. The molecule has 15 heavy (non-hydrogen) atoms. The van der Waals surface area contributed by atoms with E-state index in [9.17, 15) is 9.59 Å². The fourth-order valence-electron chi connectivity index (χ4n) is 1.05. The van der Waals surface area contributed by atoms with Crippen LogP contribution in [0.2, 0.25) is 0 Å². The molecule has 0 amide bonds. The monoisotopic (exact) mass is 219 g/mol. The number of esters is 2. The van der Waals surface area contributed by atoms with Gasteiger partial charge in [-0.1, -0.05) is 0 Å². The predicted octanol–water partition coefficient (Wildman–Crippen LogP) is -0.985. The molecule has 88 valence electrons. The minimum Gasteiger partial charge on any atom is -0.468 e. The highest BCUT2D eigenvalue weighted by Gasteiger charge is 2.16. The summed E-state index contributed by atoms with van der Waals surface area (Å²) in [6.07, 6.45) is -0.626. The fraction of sp³-hybridized carbons (Fsp3) is 0.778. The molecule has 0 aromatic rings. The van der Waals surface area contributed by atoms with E-state index in [4.69, 9.17) is 5.11 Å². The number of methoxy groups -OCH3 is 2. The van der Waals surface area contributed by atoms with Crippen LogP contribution in [-0.4, -0.2) is 61.9 Å². The van der Waals surface area contributed by atoms with Crippen LogP contribution in [0, 0.1) is 0 Å². The third-order valence-corrected chi connectivity index (χ3v) is 1.68. The maximum atomic E-state index is 11.0. The lowest BCUT2D eigenvalue weighted by Crippen LogP contribution is -2.39. The van der Waals surface area contributed by atoms with Gasteiger partial charge in [0, 0.05) is 6.54 Å². The van der Waals surface area contributed by atoms with Crippen LogP contribution in [0.1, 0.15) is 6.92 Å². The van der Waals surface area contributed by atoms with Gasteiger partial charge in [0.15, 0.2) is 0 Å². The number of hydrogen-bond acceptors (Lipinski definition) is 6. The van der Waals surface area contributed by atoms with Crippen LogP contribution in [0.3, 0.4) is 0 Å². The van der Waals surface area contributed by atoms with Gasteiger partial charge in [0.25, 0.3) is 0 Å². The zero-order valence-corrected chi connectivity index (χ0v) is 9.23. The molecule has 1 atom stereocenters. The first-order valence-electron chi connectivity index (χ1n) is 4.53. The van der Waals surface area contributed by atoms with Crippen molar-refractivity contribution in [1.82, 2.24) is 4.90 Å². The number of ether oxygens (including phenoxy) is 2. The van der Waals surface area contributed by atoms with Crippen molar-refractivity contribution in [2.45, 2.75) is 13.0 Å². The van der Waals surface area contributed by atoms with Crippen molar-refractivity contribution in [3.05, 3.63) is 0 Å². The minimum absolute atomic E-state index is 0.0451. The molecule has 0 rings (SSSR count). The van der Waals surface area contributed by atoms with E-state index in [1.54, 1.807) is 6.92 Å². The average Bonchev–Trinajstić information content (AvgIpc) is 2.16. The molecule has 0 aliphatic rings. The highest BCUT2D eigenvalue weighted by atomic mass is 16.5. The Kier molecular flexibility index (Phi) is 6.64. The Morgan fingerprint density at radius 2 is 1.60 bits per heavy atom. The third kappa shape index (κ3) is 6.87. The number of nitrogens with zero attached hydrogens (tertiary/aromatic N) is 1. The molecule has 0 aromatic heterocycles. The summed E-state index contributed by atoms with van der Waals surface area (Å²) in [6, 6.07) is 0. The van der Waals surface area contributed by atoms with Crippen molar-refractivity contribution < 1.29 is 24.2 Å². The van der Waals surface area contributed by atoms with Crippen molar-refractivity contribution >= 4 is 11.9 Å². The number of aliphatic hydroxyl groups excluding tert-OH is 1. The van der Waals surface area contributed by atoms with Gasteiger partial charge in [-0.25, -0.2) is 0 Å². The largest absolute Gasteiger partial charge is 0.468 e. The Morgan fingerprint density at radius 3 is 1.87 bits per heavy atom. The van der Waals surface area contributed by atoms with Crippen LogP contribution in [0.25, 0.3) is 0 Å². The van der Waals surface area contributed by atoms with Gasteiger partial charge in [-0.3, -0.25) is 14.5 Å². The lowest BCUT2D eigenvalue weighted by atomic mass is 10.3. The predicted molar refractivity (Wildman–Crippen MR) is 52.2 cm³/mol.